The molecule has 0 spiro atoms. The van der Waals surface area contributed by atoms with E-state index in [0.717, 1.165) is 0 Å². The molecule has 0 radical (unpaired) electrons. The molecule has 0 aliphatic heterocycles. The van der Waals surface area contributed by atoms with E-state index in [9.17, 15) is 0 Å². The maximum absolute atomic E-state index is 3.13. The van der Waals surface area contributed by atoms with Gasteiger partial charge in [0.1, 0.15) is 0 Å². The van der Waals surface area contributed by atoms with E-state index in [1.54, 1.807) is 0 Å². The summed E-state index contributed by atoms with van der Waals surface area (Å²) in [5.74, 6) is 0. The molecule has 56 valence electrons. The van der Waals surface area contributed by atoms with Gasteiger partial charge in [-0.2, -0.15) is 0 Å². The van der Waals surface area contributed by atoms with Crippen molar-refractivity contribution < 1.29 is 0 Å². The van der Waals surface area contributed by atoms with Crippen LogP contribution in [0.4, 0.5) is 0 Å². The van der Waals surface area contributed by atoms with Crippen LogP contribution in [-0.2, 0) is 0 Å². The molecule has 1 heteroatoms. The Morgan fingerprint density at radius 3 is 1.91 bits per heavy atom. The zero-order valence-corrected chi connectivity index (χ0v) is 8.98. The summed E-state index contributed by atoms with van der Waals surface area (Å²) in [7, 11) is 0. The monoisotopic (exact) mass is 206 g/mol. The molecule has 0 N–H and O–H groups in total. The molecular weight excluding hydrogens is 195 g/mol. The Bertz CT molecular complexity index is 295. The zero-order chi connectivity index (χ0) is 8.43. The Kier molecular flexibility index (Phi) is 2.60. The van der Waals surface area contributed by atoms with Crippen molar-refractivity contribution in [1.82, 2.24) is 0 Å². The first-order valence-corrected chi connectivity index (χ1v) is 4.57. The van der Waals surface area contributed by atoms with Gasteiger partial charge in [0.25, 0.3) is 0 Å². The van der Waals surface area contributed by atoms with Gasteiger partial charge >= 0.3 is 76.0 Å². The Balaban J connectivity index is 3.40. The second-order valence-corrected chi connectivity index (χ2v) is 3.35. The van der Waals surface area contributed by atoms with Crippen LogP contribution >= 0.6 is 0 Å². The molecule has 0 aromatic heterocycles. The summed E-state index contributed by atoms with van der Waals surface area (Å²) in [6, 6.07) is 4.37. The van der Waals surface area contributed by atoms with E-state index >= 15 is 0 Å². The molecule has 0 nitrogen and oxygen atoms in total. The third-order valence-corrected chi connectivity index (χ3v) is 2.26. The molecule has 0 saturated heterocycles. The minimum atomic E-state index is 1.23. The number of hydrogen-bond donors (Lipinski definition) is 0. The molecule has 1 aromatic rings. The Labute approximate surface area is 76.3 Å². The molecule has 0 unspecified atom stereocenters. The Morgan fingerprint density at radius 2 is 1.55 bits per heavy atom. The van der Waals surface area contributed by atoms with Crippen molar-refractivity contribution in [2.75, 3.05) is 0 Å². The van der Waals surface area contributed by atoms with Gasteiger partial charge in [0.2, 0.25) is 0 Å². The van der Waals surface area contributed by atoms with Crippen molar-refractivity contribution >= 4 is 16.2 Å². The van der Waals surface area contributed by atoms with Crippen molar-refractivity contribution in [3.63, 3.8) is 0 Å². The van der Waals surface area contributed by atoms with Gasteiger partial charge in [-0.3, -0.25) is 0 Å². The van der Waals surface area contributed by atoms with Crippen LogP contribution in [0.3, 0.4) is 0 Å². The Hall–Kier alpha value is -0.442. The van der Waals surface area contributed by atoms with Gasteiger partial charge in [-0.15, -0.1) is 0 Å². The first-order valence-electron chi connectivity index (χ1n) is 3.63. The van der Waals surface area contributed by atoms with Gasteiger partial charge in [-0.25, -0.2) is 0 Å². The summed E-state index contributed by atoms with van der Waals surface area (Å²) < 4.78 is 3.13. The third kappa shape index (κ3) is 1.77. The molecule has 0 fully saturated rings. The summed E-state index contributed by atoms with van der Waals surface area (Å²) >= 11 is 2.39. The number of benzene rings is 1. The van der Waals surface area contributed by atoms with Gasteiger partial charge in [0.15, 0.2) is 0 Å². The van der Waals surface area contributed by atoms with Crippen LogP contribution < -0.4 is 0 Å². The molecule has 0 aliphatic rings. The topological polar surface area (TPSA) is 0 Å². The van der Waals surface area contributed by atoms with E-state index in [1.165, 1.54) is 22.3 Å². The van der Waals surface area contributed by atoms with Crippen LogP contribution in [0.2, 0.25) is 0 Å². The van der Waals surface area contributed by atoms with Crippen LogP contribution in [0.25, 0.3) is 0 Å². The van der Waals surface area contributed by atoms with Crippen molar-refractivity contribution in [3.8, 4) is 4.61 Å². The van der Waals surface area contributed by atoms with E-state index < -0.39 is 0 Å². The van der Waals surface area contributed by atoms with Crippen molar-refractivity contribution in [2.45, 2.75) is 20.8 Å². The predicted octanol–water partition coefficient (Wildman–Crippen LogP) is 2.09. The van der Waals surface area contributed by atoms with E-state index in [2.05, 4.69) is 53.7 Å². The molecular formula is C10H11As. The van der Waals surface area contributed by atoms with Gasteiger partial charge in [-0.05, 0) is 0 Å². The average molecular weight is 206 g/mol. The first kappa shape index (κ1) is 8.65. The summed E-state index contributed by atoms with van der Waals surface area (Å²) in [6.45, 7) is 6.36. The molecule has 0 aliphatic carbocycles. The molecule has 1 rings (SSSR count). The number of rotatable bonds is 0. The summed E-state index contributed by atoms with van der Waals surface area (Å²) in [5, 5.41) is 0. The van der Waals surface area contributed by atoms with Crippen molar-refractivity contribution in [2.24, 2.45) is 0 Å². The van der Waals surface area contributed by atoms with Crippen molar-refractivity contribution in [3.05, 3.63) is 34.4 Å². The van der Waals surface area contributed by atoms with Gasteiger partial charge in [0, 0.05) is 0 Å². The standard InChI is InChI=1S/C10H11As/c1-7-4-8(2)10(6-11)9(3)5-7/h4-5H,1-3H3. The summed E-state index contributed by atoms with van der Waals surface area (Å²) in [4.78, 5) is 0. The summed E-state index contributed by atoms with van der Waals surface area (Å²) in [6.07, 6.45) is 0. The van der Waals surface area contributed by atoms with Crippen LogP contribution in [-0.4, -0.2) is 16.2 Å². The molecule has 11 heavy (non-hydrogen) atoms. The molecule has 1 aromatic carbocycles. The Morgan fingerprint density at radius 1 is 1.09 bits per heavy atom. The number of hydrogen-bond acceptors (Lipinski definition) is 0. The molecule has 0 amide bonds. The second kappa shape index (κ2) is 3.30. The fourth-order valence-corrected chi connectivity index (χ4v) is 2.10. The molecule has 0 saturated carbocycles. The fourth-order valence-electron chi connectivity index (χ4n) is 1.36. The van der Waals surface area contributed by atoms with Gasteiger partial charge < -0.3 is 0 Å². The first-order chi connectivity index (χ1) is 5.15. The normalized spacial score (nSPS) is 9.27. The molecule has 0 bridgehead atoms. The quantitative estimate of drug-likeness (QED) is 0.570. The zero-order valence-electron chi connectivity index (χ0n) is 7.10. The van der Waals surface area contributed by atoms with Gasteiger partial charge in [-0.1, -0.05) is 0 Å². The van der Waals surface area contributed by atoms with E-state index in [-0.39, 0.29) is 0 Å². The van der Waals surface area contributed by atoms with E-state index in [1.807, 2.05) is 0 Å². The van der Waals surface area contributed by atoms with Crippen LogP contribution in [0.15, 0.2) is 12.1 Å². The maximum atomic E-state index is 3.13. The second-order valence-electron chi connectivity index (χ2n) is 2.89. The van der Waals surface area contributed by atoms with Crippen molar-refractivity contribution in [1.29, 1.82) is 0 Å². The average Bonchev–Trinajstić information content (AvgIpc) is 1.85. The van der Waals surface area contributed by atoms with Crippen LogP contribution in [0, 0.1) is 25.4 Å². The third-order valence-electron chi connectivity index (χ3n) is 1.79. The van der Waals surface area contributed by atoms with Crippen LogP contribution in [0.5, 0.6) is 0 Å². The predicted molar refractivity (Wildman–Crippen MR) is 49.4 cm³/mol. The SMILES string of the molecule is Cc1cc(C)c(C#[As])c(C)c1. The van der Waals surface area contributed by atoms with Gasteiger partial charge in [0.05, 0.1) is 0 Å². The fraction of sp³-hybridized carbons (Fsp3) is 0.300. The van der Waals surface area contributed by atoms with E-state index in [4.69, 9.17) is 0 Å². The number of aryl methyl sites for hydroxylation is 3. The molecule has 0 heterocycles. The minimum absolute atomic E-state index is 1.23. The van der Waals surface area contributed by atoms with E-state index in [0.29, 0.717) is 0 Å². The summed E-state index contributed by atoms with van der Waals surface area (Å²) in [5.41, 5.74) is 5.17. The van der Waals surface area contributed by atoms with Crippen LogP contribution in [0.1, 0.15) is 22.3 Å². The molecule has 0 atom stereocenters.